The molecule has 4 rings (SSSR count). The number of benzene rings is 3. The lowest BCUT2D eigenvalue weighted by Crippen LogP contribution is -1.91. The second-order valence-corrected chi connectivity index (χ2v) is 6.43. The van der Waals surface area contributed by atoms with Gasteiger partial charge in [-0.3, -0.25) is 0 Å². The highest BCUT2D eigenvalue weighted by Crippen LogP contribution is 2.33. The average Bonchev–Trinajstić information content (AvgIpc) is 2.69. The Hall–Kier alpha value is -3.10. The summed E-state index contributed by atoms with van der Waals surface area (Å²) in [6, 6.07) is 29.1. The first-order valence-corrected chi connectivity index (χ1v) is 8.70. The van der Waals surface area contributed by atoms with E-state index in [1.165, 1.54) is 0 Å². The monoisotopic (exact) mass is 357 g/mol. The molecule has 3 heteroatoms. The summed E-state index contributed by atoms with van der Waals surface area (Å²) in [4.78, 5) is 4.82. The molecule has 2 nitrogen and oxygen atoms in total. The molecule has 26 heavy (non-hydrogen) atoms. The quantitative estimate of drug-likeness (QED) is 0.457. The molecule has 3 aromatic carbocycles. The smallest absolute Gasteiger partial charge is 0.115 e. The molecule has 0 spiro atoms. The summed E-state index contributed by atoms with van der Waals surface area (Å²) in [5, 5.41) is 10.2. The Balaban J connectivity index is 1.93. The molecule has 0 aliphatic rings. The van der Waals surface area contributed by atoms with Crippen LogP contribution in [-0.4, -0.2) is 10.1 Å². The minimum Gasteiger partial charge on any atom is -0.508 e. The zero-order valence-electron chi connectivity index (χ0n) is 13.9. The zero-order chi connectivity index (χ0) is 17.9. The van der Waals surface area contributed by atoms with Crippen molar-refractivity contribution in [1.29, 1.82) is 0 Å². The number of aromatic hydroxyl groups is 1. The van der Waals surface area contributed by atoms with Crippen LogP contribution in [0.25, 0.3) is 33.6 Å². The Morgan fingerprint density at radius 1 is 0.615 bits per heavy atom. The SMILES string of the molecule is Oc1ccc(-c2cc(-c3ccccc3)cc(-c3ccccc3Cl)n2)cc1. The van der Waals surface area contributed by atoms with Gasteiger partial charge in [0.15, 0.2) is 0 Å². The van der Waals surface area contributed by atoms with Crippen LogP contribution in [0.3, 0.4) is 0 Å². The molecule has 0 saturated heterocycles. The molecule has 126 valence electrons. The van der Waals surface area contributed by atoms with Gasteiger partial charge < -0.3 is 5.11 Å². The van der Waals surface area contributed by atoms with Crippen molar-refractivity contribution in [3.05, 3.63) is 96.0 Å². The lowest BCUT2D eigenvalue weighted by molar-refractivity contribution is 0.475. The molecule has 0 atom stereocenters. The highest BCUT2D eigenvalue weighted by atomic mass is 35.5. The van der Waals surface area contributed by atoms with Crippen LogP contribution in [0.5, 0.6) is 5.75 Å². The molecular weight excluding hydrogens is 342 g/mol. The zero-order valence-corrected chi connectivity index (χ0v) is 14.7. The van der Waals surface area contributed by atoms with Crippen molar-refractivity contribution in [2.45, 2.75) is 0 Å². The molecule has 0 amide bonds. The van der Waals surface area contributed by atoms with Crippen LogP contribution >= 0.6 is 11.6 Å². The van der Waals surface area contributed by atoms with Crippen molar-refractivity contribution in [1.82, 2.24) is 4.98 Å². The Bertz CT molecular complexity index is 1040. The van der Waals surface area contributed by atoms with Gasteiger partial charge in [-0.25, -0.2) is 4.98 Å². The second-order valence-electron chi connectivity index (χ2n) is 6.02. The highest BCUT2D eigenvalue weighted by molar-refractivity contribution is 6.33. The summed E-state index contributed by atoms with van der Waals surface area (Å²) in [6.07, 6.45) is 0. The minimum atomic E-state index is 0.235. The Labute approximate surface area is 157 Å². The van der Waals surface area contributed by atoms with Gasteiger partial charge in [0.2, 0.25) is 0 Å². The Morgan fingerprint density at radius 2 is 1.27 bits per heavy atom. The Morgan fingerprint density at radius 3 is 2.00 bits per heavy atom. The van der Waals surface area contributed by atoms with E-state index in [0.717, 1.165) is 33.6 Å². The molecule has 1 N–H and O–H groups in total. The third-order valence-corrected chi connectivity index (χ3v) is 4.57. The number of aromatic nitrogens is 1. The maximum absolute atomic E-state index is 9.57. The normalized spacial score (nSPS) is 10.7. The third-order valence-electron chi connectivity index (χ3n) is 4.25. The number of nitrogens with zero attached hydrogens (tertiary/aromatic N) is 1. The van der Waals surface area contributed by atoms with Crippen molar-refractivity contribution < 1.29 is 5.11 Å². The summed E-state index contributed by atoms with van der Waals surface area (Å²) in [6.45, 7) is 0. The van der Waals surface area contributed by atoms with Crippen molar-refractivity contribution in [3.63, 3.8) is 0 Å². The first-order chi connectivity index (χ1) is 12.7. The van der Waals surface area contributed by atoms with Gasteiger partial charge in [0, 0.05) is 16.1 Å². The van der Waals surface area contributed by atoms with Crippen LogP contribution in [0.15, 0.2) is 91.0 Å². The predicted octanol–water partition coefficient (Wildman–Crippen LogP) is 6.44. The second kappa shape index (κ2) is 7.03. The van der Waals surface area contributed by atoms with E-state index in [0.29, 0.717) is 5.02 Å². The van der Waals surface area contributed by atoms with Gasteiger partial charge in [0.25, 0.3) is 0 Å². The van der Waals surface area contributed by atoms with Gasteiger partial charge in [-0.15, -0.1) is 0 Å². The van der Waals surface area contributed by atoms with E-state index in [1.54, 1.807) is 12.1 Å². The summed E-state index contributed by atoms with van der Waals surface area (Å²) in [5.74, 6) is 0.235. The molecule has 0 fully saturated rings. The molecule has 0 aliphatic carbocycles. The van der Waals surface area contributed by atoms with Crippen LogP contribution in [-0.2, 0) is 0 Å². The van der Waals surface area contributed by atoms with E-state index in [1.807, 2.05) is 54.6 Å². The van der Waals surface area contributed by atoms with E-state index < -0.39 is 0 Å². The van der Waals surface area contributed by atoms with E-state index >= 15 is 0 Å². The first-order valence-electron chi connectivity index (χ1n) is 8.32. The molecular formula is C23H16ClNO. The number of halogens is 1. The van der Waals surface area contributed by atoms with Crippen LogP contribution < -0.4 is 0 Å². The Kier molecular flexibility index (Phi) is 4.42. The minimum absolute atomic E-state index is 0.235. The van der Waals surface area contributed by atoms with Crippen LogP contribution in [0.4, 0.5) is 0 Å². The maximum atomic E-state index is 9.57. The number of phenolic OH excluding ortho intramolecular Hbond substituents is 1. The molecule has 0 unspecified atom stereocenters. The van der Waals surface area contributed by atoms with Gasteiger partial charge in [0.05, 0.1) is 11.4 Å². The molecule has 1 aromatic heterocycles. The van der Waals surface area contributed by atoms with Gasteiger partial charge >= 0.3 is 0 Å². The standard InChI is InChI=1S/C23H16ClNO/c24-21-9-5-4-8-20(21)23-15-18(16-6-2-1-3-7-16)14-22(25-23)17-10-12-19(26)13-11-17/h1-15,26H. The number of rotatable bonds is 3. The number of phenols is 1. The van der Waals surface area contributed by atoms with Gasteiger partial charge in [0.1, 0.15) is 5.75 Å². The summed E-state index contributed by atoms with van der Waals surface area (Å²) in [7, 11) is 0. The predicted molar refractivity (Wildman–Crippen MR) is 107 cm³/mol. The molecule has 0 bridgehead atoms. The van der Waals surface area contributed by atoms with Crippen molar-refractivity contribution in [2.75, 3.05) is 0 Å². The summed E-state index contributed by atoms with van der Waals surface area (Å²) < 4.78 is 0. The van der Waals surface area contributed by atoms with Gasteiger partial charge in [-0.1, -0.05) is 60.1 Å². The lowest BCUT2D eigenvalue weighted by Gasteiger charge is -2.11. The first kappa shape index (κ1) is 16.4. The fourth-order valence-corrected chi connectivity index (χ4v) is 3.15. The lowest BCUT2D eigenvalue weighted by atomic mass is 10.00. The van der Waals surface area contributed by atoms with Crippen LogP contribution in [0.2, 0.25) is 5.02 Å². The van der Waals surface area contributed by atoms with Crippen molar-refractivity contribution >= 4 is 11.6 Å². The number of hydrogen-bond donors (Lipinski definition) is 1. The van der Waals surface area contributed by atoms with Crippen LogP contribution in [0, 0.1) is 0 Å². The molecule has 1 heterocycles. The topological polar surface area (TPSA) is 33.1 Å². The third kappa shape index (κ3) is 3.32. The fourth-order valence-electron chi connectivity index (χ4n) is 2.91. The van der Waals surface area contributed by atoms with Crippen molar-refractivity contribution in [2.24, 2.45) is 0 Å². The van der Waals surface area contributed by atoms with E-state index in [9.17, 15) is 5.11 Å². The van der Waals surface area contributed by atoms with E-state index in [2.05, 4.69) is 24.3 Å². The number of hydrogen-bond acceptors (Lipinski definition) is 2. The average molecular weight is 358 g/mol. The molecule has 0 saturated carbocycles. The maximum Gasteiger partial charge on any atom is 0.115 e. The van der Waals surface area contributed by atoms with E-state index in [-0.39, 0.29) is 5.75 Å². The van der Waals surface area contributed by atoms with Crippen molar-refractivity contribution in [3.8, 4) is 39.4 Å². The highest BCUT2D eigenvalue weighted by Gasteiger charge is 2.11. The van der Waals surface area contributed by atoms with E-state index in [4.69, 9.17) is 16.6 Å². The molecule has 0 aliphatic heterocycles. The van der Waals surface area contributed by atoms with Crippen LogP contribution in [0.1, 0.15) is 0 Å². The number of pyridine rings is 1. The van der Waals surface area contributed by atoms with Gasteiger partial charge in [-0.2, -0.15) is 0 Å². The molecule has 0 radical (unpaired) electrons. The summed E-state index contributed by atoms with van der Waals surface area (Å²) in [5.41, 5.74) is 5.67. The largest absolute Gasteiger partial charge is 0.508 e. The molecule has 4 aromatic rings. The summed E-state index contributed by atoms with van der Waals surface area (Å²) >= 11 is 6.40. The van der Waals surface area contributed by atoms with Gasteiger partial charge in [-0.05, 0) is 53.6 Å². The fraction of sp³-hybridized carbons (Fsp3) is 0.